The van der Waals surface area contributed by atoms with Crippen molar-refractivity contribution in [2.24, 2.45) is 0 Å². The van der Waals surface area contributed by atoms with Crippen molar-refractivity contribution in [2.75, 3.05) is 0 Å². The predicted molar refractivity (Wildman–Crippen MR) is 89.4 cm³/mol. The lowest BCUT2D eigenvalue weighted by Gasteiger charge is -1.97. The van der Waals surface area contributed by atoms with Crippen LogP contribution in [-0.2, 0) is 0 Å². The lowest BCUT2D eigenvalue weighted by atomic mass is 10.1. The van der Waals surface area contributed by atoms with E-state index in [-0.39, 0.29) is 5.56 Å². The number of rotatable bonds is 1. The van der Waals surface area contributed by atoms with Gasteiger partial charge in [0.25, 0.3) is 5.56 Å². The molecule has 4 aromatic rings. The maximum atomic E-state index is 12.7. The Kier molecular flexibility index (Phi) is 2.74. The van der Waals surface area contributed by atoms with Crippen LogP contribution in [-0.4, -0.2) is 9.38 Å². The van der Waals surface area contributed by atoms with Crippen molar-refractivity contribution in [1.29, 1.82) is 0 Å². The first kappa shape index (κ1) is 12.7. The van der Waals surface area contributed by atoms with Gasteiger partial charge in [0.15, 0.2) is 4.96 Å². The molecule has 104 valence electrons. The van der Waals surface area contributed by atoms with Crippen molar-refractivity contribution < 1.29 is 0 Å². The Bertz CT molecular complexity index is 1070. The second kappa shape index (κ2) is 4.51. The monoisotopic (exact) mass is 312 g/mol. The molecular formula is C16H12N2OS2. The van der Waals surface area contributed by atoms with Gasteiger partial charge in [-0.3, -0.25) is 4.79 Å². The van der Waals surface area contributed by atoms with Crippen LogP contribution in [0.3, 0.4) is 0 Å². The second-order valence-electron chi connectivity index (χ2n) is 5.11. The van der Waals surface area contributed by atoms with Crippen molar-refractivity contribution >= 4 is 44.7 Å². The maximum Gasteiger partial charge on any atom is 0.274 e. The van der Waals surface area contributed by atoms with Crippen LogP contribution >= 0.6 is 22.7 Å². The van der Waals surface area contributed by atoms with Gasteiger partial charge >= 0.3 is 0 Å². The lowest BCUT2D eigenvalue weighted by Crippen LogP contribution is -2.22. The number of fused-ring (bicyclic) bond motifs is 3. The fourth-order valence-corrected chi connectivity index (χ4v) is 4.32. The summed E-state index contributed by atoms with van der Waals surface area (Å²) in [6.07, 6.45) is 1.95. The summed E-state index contributed by atoms with van der Waals surface area (Å²) in [5.74, 6) is 0. The van der Waals surface area contributed by atoms with Gasteiger partial charge in [0, 0.05) is 4.88 Å². The largest absolute Gasteiger partial charge is 0.274 e. The summed E-state index contributed by atoms with van der Waals surface area (Å²) in [6, 6.07) is 8.13. The highest BCUT2D eigenvalue weighted by atomic mass is 32.1. The van der Waals surface area contributed by atoms with Gasteiger partial charge in [-0.05, 0) is 48.6 Å². The van der Waals surface area contributed by atoms with Crippen molar-refractivity contribution in [3.8, 4) is 0 Å². The third-order valence-electron chi connectivity index (χ3n) is 3.50. The average Bonchev–Trinajstić information content (AvgIpc) is 3.10. The molecule has 4 rings (SSSR count). The van der Waals surface area contributed by atoms with Gasteiger partial charge in [0.1, 0.15) is 0 Å². The molecule has 0 atom stereocenters. The summed E-state index contributed by atoms with van der Waals surface area (Å²) >= 11 is 3.08. The van der Waals surface area contributed by atoms with E-state index in [0.29, 0.717) is 0 Å². The van der Waals surface area contributed by atoms with Crippen LogP contribution in [0.5, 0.6) is 0 Å². The lowest BCUT2D eigenvalue weighted by molar-refractivity contribution is 1.19. The Morgan fingerprint density at radius 3 is 2.90 bits per heavy atom. The van der Waals surface area contributed by atoms with E-state index < -0.39 is 0 Å². The van der Waals surface area contributed by atoms with E-state index in [9.17, 15) is 4.79 Å². The van der Waals surface area contributed by atoms with E-state index in [1.807, 2.05) is 43.5 Å². The maximum absolute atomic E-state index is 12.7. The standard InChI is InChI=1S/C16H12N2OS2/c1-9-6-10(2)14-12(7-9)18-15(19)13(21-16(18)17-14)8-11-4-3-5-20-11/h3-8H,1-2H3/b13-8-. The molecule has 3 heterocycles. The summed E-state index contributed by atoms with van der Waals surface area (Å²) in [4.78, 5) is 19.2. The third-order valence-corrected chi connectivity index (χ3v) is 5.28. The third kappa shape index (κ3) is 1.92. The van der Waals surface area contributed by atoms with Crippen LogP contribution in [0.4, 0.5) is 0 Å². The average molecular weight is 312 g/mol. The zero-order valence-electron chi connectivity index (χ0n) is 11.6. The fourth-order valence-electron chi connectivity index (χ4n) is 2.61. The van der Waals surface area contributed by atoms with E-state index in [1.54, 1.807) is 15.7 Å². The number of thiophene rings is 1. The molecule has 0 bridgehead atoms. The molecule has 0 N–H and O–H groups in total. The Morgan fingerprint density at radius 1 is 1.29 bits per heavy atom. The number of thiazole rings is 1. The SMILES string of the molecule is Cc1cc(C)c2nc3s/c(=C\c4cccs4)c(=O)n3c2c1. The molecule has 21 heavy (non-hydrogen) atoms. The molecule has 3 nitrogen and oxygen atoms in total. The number of hydrogen-bond donors (Lipinski definition) is 0. The van der Waals surface area contributed by atoms with Gasteiger partial charge in [-0.2, -0.15) is 0 Å². The van der Waals surface area contributed by atoms with E-state index >= 15 is 0 Å². The van der Waals surface area contributed by atoms with Crippen molar-refractivity contribution in [3.05, 3.63) is 60.5 Å². The van der Waals surface area contributed by atoms with E-state index in [0.717, 1.165) is 36.5 Å². The van der Waals surface area contributed by atoms with Crippen LogP contribution < -0.4 is 10.1 Å². The van der Waals surface area contributed by atoms with Crippen molar-refractivity contribution in [1.82, 2.24) is 9.38 Å². The Balaban J connectivity index is 2.11. The van der Waals surface area contributed by atoms with Gasteiger partial charge in [0.2, 0.25) is 0 Å². The minimum Gasteiger partial charge on any atom is -0.267 e. The molecule has 0 radical (unpaired) electrons. The number of benzene rings is 1. The highest BCUT2D eigenvalue weighted by Gasteiger charge is 2.13. The van der Waals surface area contributed by atoms with Gasteiger partial charge in [0.05, 0.1) is 15.6 Å². The number of aromatic nitrogens is 2. The van der Waals surface area contributed by atoms with E-state index in [1.165, 1.54) is 11.3 Å². The fraction of sp³-hybridized carbons (Fsp3) is 0.125. The topological polar surface area (TPSA) is 34.4 Å². The normalized spacial score (nSPS) is 12.8. The molecule has 0 saturated heterocycles. The van der Waals surface area contributed by atoms with Crippen molar-refractivity contribution in [2.45, 2.75) is 13.8 Å². The first-order chi connectivity index (χ1) is 10.1. The molecule has 1 aromatic carbocycles. The Hall–Kier alpha value is -1.98. The zero-order chi connectivity index (χ0) is 14.6. The predicted octanol–water partition coefficient (Wildman–Crippen LogP) is 3.14. The van der Waals surface area contributed by atoms with Crippen LogP contribution in [0, 0.1) is 13.8 Å². The molecule has 0 aliphatic rings. The van der Waals surface area contributed by atoms with Crippen LogP contribution in [0.15, 0.2) is 34.4 Å². The summed E-state index contributed by atoms with van der Waals surface area (Å²) < 4.78 is 2.47. The molecule has 3 aromatic heterocycles. The van der Waals surface area contributed by atoms with Crippen LogP contribution in [0.2, 0.25) is 0 Å². The number of nitrogens with zero attached hydrogens (tertiary/aromatic N) is 2. The minimum atomic E-state index is 0.0240. The first-order valence-electron chi connectivity index (χ1n) is 6.61. The Morgan fingerprint density at radius 2 is 2.14 bits per heavy atom. The zero-order valence-corrected chi connectivity index (χ0v) is 13.2. The molecule has 5 heteroatoms. The number of aryl methyl sites for hydroxylation is 2. The van der Waals surface area contributed by atoms with Gasteiger partial charge in [-0.25, -0.2) is 9.38 Å². The summed E-state index contributed by atoms with van der Waals surface area (Å²) in [5, 5.41) is 2.01. The molecule has 0 saturated carbocycles. The number of imidazole rings is 1. The first-order valence-corrected chi connectivity index (χ1v) is 8.30. The Labute approximate surface area is 128 Å². The molecular weight excluding hydrogens is 300 g/mol. The highest BCUT2D eigenvalue weighted by molar-refractivity contribution is 7.15. The summed E-state index contributed by atoms with van der Waals surface area (Å²) in [7, 11) is 0. The van der Waals surface area contributed by atoms with Gasteiger partial charge in [-0.15, -0.1) is 11.3 Å². The summed E-state index contributed by atoms with van der Waals surface area (Å²) in [5.41, 5.74) is 4.12. The number of hydrogen-bond acceptors (Lipinski definition) is 4. The van der Waals surface area contributed by atoms with Gasteiger partial charge in [-0.1, -0.05) is 23.5 Å². The minimum absolute atomic E-state index is 0.0240. The molecule has 0 aliphatic heterocycles. The van der Waals surface area contributed by atoms with E-state index in [4.69, 9.17) is 0 Å². The molecule has 0 spiro atoms. The summed E-state index contributed by atoms with van der Waals surface area (Å²) in [6.45, 7) is 4.08. The van der Waals surface area contributed by atoms with Gasteiger partial charge < -0.3 is 0 Å². The second-order valence-corrected chi connectivity index (χ2v) is 7.10. The van der Waals surface area contributed by atoms with E-state index in [2.05, 4.69) is 11.1 Å². The molecule has 0 unspecified atom stereocenters. The highest BCUT2D eigenvalue weighted by Crippen LogP contribution is 2.21. The molecule has 0 aliphatic carbocycles. The molecule has 0 amide bonds. The van der Waals surface area contributed by atoms with Crippen LogP contribution in [0.1, 0.15) is 16.0 Å². The quantitative estimate of drug-likeness (QED) is 0.541. The molecule has 0 fully saturated rings. The van der Waals surface area contributed by atoms with Crippen molar-refractivity contribution in [3.63, 3.8) is 0 Å². The van der Waals surface area contributed by atoms with Crippen LogP contribution in [0.25, 0.3) is 22.1 Å². The smallest absolute Gasteiger partial charge is 0.267 e.